The molecule has 2 atom stereocenters. The van der Waals surface area contributed by atoms with Crippen molar-refractivity contribution in [2.24, 2.45) is 5.92 Å². The van der Waals surface area contributed by atoms with Crippen LogP contribution in [0, 0.1) is 5.92 Å². The van der Waals surface area contributed by atoms with Crippen molar-refractivity contribution in [2.45, 2.75) is 19.4 Å². The SMILES string of the molecule is CNCC1COC(C)C1. The molecule has 1 saturated heterocycles. The second-order valence-corrected chi connectivity index (χ2v) is 2.80. The number of hydrogen-bond acceptors (Lipinski definition) is 2. The molecule has 0 bridgehead atoms. The lowest BCUT2D eigenvalue weighted by atomic mass is 10.1. The molecule has 0 aliphatic carbocycles. The topological polar surface area (TPSA) is 21.3 Å². The van der Waals surface area contributed by atoms with E-state index >= 15 is 0 Å². The van der Waals surface area contributed by atoms with Crippen molar-refractivity contribution in [3.05, 3.63) is 0 Å². The zero-order valence-corrected chi connectivity index (χ0v) is 6.18. The molecule has 2 heteroatoms. The van der Waals surface area contributed by atoms with Crippen LogP contribution in [0.25, 0.3) is 0 Å². The van der Waals surface area contributed by atoms with E-state index in [1.165, 1.54) is 6.42 Å². The molecular weight excluding hydrogens is 114 g/mol. The molecular formula is C7H15NO. The number of nitrogens with one attached hydrogen (secondary N) is 1. The summed E-state index contributed by atoms with van der Waals surface area (Å²) in [6, 6.07) is 0. The summed E-state index contributed by atoms with van der Waals surface area (Å²) in [4.78, 5) is 0. The molecule has 2 unspecified atom stereocenters. The van der Waals surface area contributed by atoms with Crippen molar-refractivity contribution in [2.75, 3.05) is 20.2 Å². The van der Waals surface area contributed by atoms with Crippen LogP contribution in [0.4, 0.5) is 0 Å². The van der Waals surface area contributed by atoms with Crippen LogP contribution < -0.4 is 5.32 Å². The molecule has 0 radical (unpaired) electrons. The summed E-state index contributed by atoms with van der Waals surface area (Å²) in [5.41, 5.74) is 0. The summed E-state index contributed by atoms with van der Waals surface area (Å²) >= 11 is 0. The van der Waals surface area contributed by atoms with Crippen LogP contribution in [-0.4, -0.2) is 26.3 Å². The second-order valence-electron chi connectivity index (χ2n) is 2.80. The molecule has 0 amide bonds. The van der Waals surface area contributed by atoms with E-state index in [4.69, 9.17) is 4.74 Å². The molecule has 0 aromatic carbocycles. The summed E-state index contributed by atoms with van der Waals surface area (Å²) in [7, 11) is 1.99. The van der Waals surface area contributed by atoms with E-state index in [2.05, 4.69) is 12.2 Å². The van der Waals surface area contributed by atoms with Gasteiger partial charge in [0.2, 0.25) is 0 Å². The lowest BCUT2D eigenvalue weighted by molar-refractivity contribution is 0.120. The predicted octanol–water partition coefficient (Wildman–Crippen LogP) is 0.631. The van der Waals surface area contributed by atoms with Gasteiger partial charge in [-0.15, -0.1) is 0 Å². The molecule has 1 fully saturated rings. The van der Waals surface area contributed by atoms with Crippen LogP contribution in [0.5, 0.6) is 0 Å². The highest BCUT2D eigenvalue weighted by Crippen LogP contribution is 2.17. The molecule has 1 rings (SSSR count). The monoisotopic (exact) mass is 129 g/mol. The second kappa shape index (κ2) is 3.18. The van der Waals surface area contributed by atoms with Gasteiger partial charge in [-0.05, 0) is 32.9 Å². The fraction of sp³-hybridized carbons (Fsp3) is 1.00. The van der Waals surface area contributed by atoms with E-state index in [1.54, 1.807) is 0 Å². The zero-order chi connectivity index (χ0) is 6.69. The minimum absolute atomic E-state index is 0.489. The van der Waals surface area contributed by atoms with Gasteiger partial charge >= 0.3 is 0 Å². The maximum Gasteiger partial charge on any atom is 0.0551 e. The van der Waals surface area contributed by atoms with Crippen LogP contribution in [0.1, 0.15) is 13.3 Å². The summed E-state index contributed by atoms with van der Waals surface area (Å²) in [5, 5.41) is 3.15. The third-order valence-electron chi connectivity index (χ3n) is 1.77. The Morgan fingerprint density at radius 1 is 1.67 bits per heavy atom. The van der Waals surface area contributed by atoms with Crippen molar-refractivity contribution in [3.63, 3.8) is 0 Å². The van der Waals surface area contributed by atoms with E-state index in [-0.39, 0.29) is 0 Å². The van der Waals surface area contributed by atoms with Crippen molar-refractivity contribution in [3.8, 4) is 0 Å². The van der Waals surface area contributed by atoms with Gasteiger partial charge in [-0.1, -0.05) is 0 Å². The van der Waals surface area contributed by atoms with Gasteiger partial charge in [0.05, 0.1) is 12.7 Å². The van der Waals surface area contributed by atoms with E-state index in [9.17, 15) is 0 Å². The van der Waals surface area contributed by atoms with Gasteiger partial charge in [-0.2, -0.15) is 0 Å². The fourth-order valence-corrected chi connectivity index (χ4v) is 1.34. The van der Waals surface area contributed by atoms with Gasteiger partial charge in [0.25, 0.3) is 0 Å². The number of ether oxygens (including phenoxy) is 1. The Morgan fingerprint density at radius 2 is 2.44 bits per heavy atom. The molecule has 1 N–H and O–H groups in total. The standard InChI is InChI=1S/C7H15NO/c1-6-3-7(4-8-2)5-9-6/h6-8H,3-5H2,1-2H3. The Bertz CT molecular complexity index is 83.0. The van der Waals surface area contributed by atoms with E-state index in [0.717, 1.165) is 19.1 Å². The first-order chi connectivity index (χ1) is 4.33. The van der Waals surface area contributed by atoms with Crippen LogP contribution in [0.2, 0.25) is 0 Å². The Labute approximate surface area is 56.6 Å². The van der Waals surface area contributed by atoms with Gasteiger partial charge in [-0.3, -0.25) is 0 Å². The number of hydrogen-bond donors (Lipinski definition) is 1. The Hall–Kier alpha value is -0.0800. The lowest BCUT2D eigenvalue weighted by Gasteiger charge is -2.03. The molecule has 2 nitrogen and oxygen atoms in total. The first kappa shape index (κ1) is 7.03. The highest BCUT2D eigenvalue weighted by Gasteiger charge is 2.20. The van der Waals surface area contributed by atoms with Crippen molar-refractivity contribution < 1.29 is 4.74 Å². The van der Waals surface area contributed by atoms with Gasteiger partial charge in [0.15, 0.2) is 0 Å². The minimum atomic E-state index is 0.489. The van der Waals surface area contributed by atoms with Gasteiger partial charge in [0, 0.05) is 0 Å². The summed E-state index contributed by atoms with van der Waals surface area (Å²) < 4.78 is 5.38. The molecule has 9 heavy (non-hydrogen) atoms. The average molecular weight is 129 g/mol. The van der Waals surface area contributed by atoms with E-state index in [0.29, 0.717) is 6.10 Å². The Morgan fingerprint density at radius 3 is 2.89 bits per heavy atom. The van der Waals surface area contributed by atoms with E-state index in [1.807, 2.05) is 7.05 Å². The molecule has 0 aromatic rings. The quantitative estimate of drug-likeness (QED) is 0.590. The molecule has 54 valence electrons. The molecule has 1 aliphatic heterocycles. The maximum absolute atomic E-state index is 5.38. The maximum atomic E-state index is 5.38. The normalized spacial score (nSPS) is 35.3. The predicted molar refractivity (Wildman–Crippen MR) is 37.4 cm³/mol. The first-order valence-corrected chi connectivity index (χ1v) is 3.59. The van der Waals surface area contributed by atoms with Crippen LogP contribution in [0.15, 0.2) is 0 Å². The van der Waals surface area contributed by atoms with Crippen molar-refractivity contribution in [1.29, 1.82) is 0 Å². The minimum Gasteiger partial charge on any atom is -0.378 e. The van der Waals surface area contributed by atoms with Gasteiger partial charge < -0.3 is 10.1 Å². The van der Waals surface area contributed by atoms with Gasteiger partial charge in [-0.25, -0.2) is 0 Å². The van der Waals surface area contributed by atoms with E-state index < -0.39 is 0 Å². The fourth-order valence-electron chi connectivity index (χ4n) is 1.34. The number of rotatable bonds is 2. The first-order valence-electron chi connectivity index (χ1n) is 3.59. The summed E-state index contributed by atoms with van der Waals surface area (Å²) in [6.45, 7) is 4.18. The van der Waals surface area contributed by atoms with Crippen LogP contribution >= 0.6 is 0 Å². The zero-order valence-electron chi connectivity index (χ0n) is 6.18. The summed E-state index contributed by atoms with van der Waals surface area (Å²) in [6.07, 6.45) is 1.71. The Kier molecular flexibility index (Phi) is 2.49. The Balaban J connectivity index is 2.14. The third-order valence-corrected chi connectivity index (χ3v) is 1.77. The molecule has 0 saturated carbocycles. The smallest absolute Gasteiger partial charge is 0.0551 e. The average Bonchev–Trinajstić information content (AvgIpc) is 2.17. The highest BCUT2D eigenvalue weighted by molar-refractivity contribution is 4.70. The van der Waals surface area contributed by atoms with Gasteiger partial charge in [0.1, 0.15) is 0 Å². The molecule has 1 heterocycles. The molecule has 1 aliphatic rings. The lowest BCUT2D eigenvalue weighted by Crippen LogP contribution is -2.18. The van der Waals surface area contributed by atoms with Crippen molar-refractivity contribution in [1.82, 2.24) is 5.32 Å². The van der Waals surface area contributed by atoms with Crippen LogP contribution in [-0.2, 0) is 4.74 Å². The van der Waals surface area contributed by atoms with Crippen molar-refractivity contribution >= 4 is 0 Å². The summed E-state index contributed by atoms with van der Waals surface area (Å²) in [5.74, 6) is 0.755. The molecule has 0 aromatic heterocycles. The largest absolute Gasteiger partial charge is 0.378 e. The highest BCUT2D eigenvalue weighted by atomic mass is 16.5. The molecule has 0 spiro atoms. The third kappa shape index (κ3) is 1.95. The van der Waals surface area contributed by atoms with Crippen LogP contribution in [0.3, 0.4) is 0 Å².